The lowest BCUT2D eigenvalue weighted by atomic mass is 10.1. The molecule has 2 heterocycles. The summed E-state index contributed by atoms with van der Waals surface area (Å²) in [7, 11) is 0. The van der Waals surface area contributed by atoms with Gasteiger partial charge in [0.2, 0.25) is 0 Å². The van der Waals surface area contributed by atoms with Gasteiger partial charge in [-0.05, 0) is 25.5 Å². The monoisotopic (exact) mass is 402 g/mol. The zero-order valence-corrected chi connectivity index (χ0v) is 17.1. The number of carbonyl (C=O) groups is 2. The molecule has 1 aromatic carbocycles. The first-order valence-corrected chi connectivity index (χ1v) is 10.4. The highest BCUT2D eigenvalue weighted by molar-refractivity contribution is 7.18. The molecule has 0 bridgehead atoms. The predicted octanol–water partition coefficient (Wildman–Crippen LogP) is 3.32. The molecule has 0 aliphatic carbocycles. The number of nitrogens with zero attached hydrogens (tertiary/aromatic N) is 1. The molecule has 0 atom stereocenters. The second-order valence-electron chi connectivity index (χ2n) is 6.84. The number of thiophene rings is 1. The second-order valence-corrected chi connectivity index (χ2v) is 7.87. The van der Waals surface area contributed by atoms with Gasteiger partial charge < -0.3 is 19.7 Å². The van der Waals surface area contributed by atoms with E-state index >= 15 is 0 Å². The number of nitrogens with one attached hydrogen (secondary N) is 1. The van der Waals surface area contributed by atoms with Gasteiger partial charge in [-0.15, -0.1) is 11.3 Å². The Morgan fingerprint density at radius 3 is 2.61 bits per heavy atom. The molecule has 0 radical (unpaired) electrons. The molecule has 7 heteroatoms. The Hall–Kier alpha value is -2.38. The first-order chi connectivity index (χ1) is 13.5. The van der Waals surface area contributed by atoms with E-state index < -0.39 is 0 Å². The van der Waals surface area contributed by atoms with Crippen LogP contribution in [0.25, 0.3) is 11.1 Å². The number of hydrogen-bond donors (Lipinski definition) is 1. The summed E-state index contributed by atoms with van der Waals surface area (Å²) in [6.07, 6.45) is 0.0157. The molecule has 1 saturated heterocycles. The summed E-state index contributed by atoms with van der Waals surface area (Å²) < 4.78 is 10.6. The first kappa shape index (κ1) is 20.4. The molecule has 0 saturated carbocycles. The Morgan fingerprint density at radius 1 is 1.21 bits per heavy atom. The molecule has 1 aliphatic heterocycles. The van der Waals surface area contributed by atoms with E-state index in [4.69, 9.17) is 9.47 Å². The normalized spacial score (nSPS) is 14.2. The van der Waals surface area contributed by atoms with Crippen LogP contribution in [0.1, 0.15) is 29.9 Å². The minimum Gasteiger partial charge on any atom is -0.463 e. The molecular formula is C21H26N2O4S. The number of ether oxygens (including phenoxy) is 2. The van der Waals surface area contributed by atoms with Crippen LogP contribution in [0.3, 0.4) is 0 Å². The van der Waals surface area contributed by atoms with Crippen LogP contribution in [0.15, 0.2) is 36.4 Å². The van der Waals surface area contributed by atoms with E-state index in [0.29, 0.717) is 18.1 Å². The van der Waals surface area contributed by atoms with Crippen molar-refractivity contribution in [2.75, 3.05) is 37.7 Å². The molecule has 0 unspecified atom stereocenters. The van der Waals surface area contributed by atoms with Crippen molar-refractivity contribution >= 4 is 28.2 Å². The fourth-order valence-electron chi connectivity index (χ4n) is 3.01. The largest absolute Gasteiger partial charge is 0.463 e. The Bertz CT molecular complexity index is 798. The fraction of sp³-hybridized carbons (Fsp3) is 0.429. The molecule has 1 fully saturated rings. The van der Waals surface area contributed by atoms with Crippen LogP contribution in [0.5, 0.6) is 0 Å². The summed E-state index contributed by atoms with van der Waals surface area (Å²) in [5.41, 5.74) is 2.14. The average Bonchev–Trinajstić information content (AvgIpc) is 3.14. The maximum absolute atomic E-state index is 12.6. The minimum absolute atomic E-state index is 0.148. The summed E-state index contributed by atoms with van der Waals surface area (Å²) in [6.45, 7) is 6.86. The second kappa shape index (κ2) is 9.71. The molecular weight excluding hydrogens is 376 g/mol. The molecule has 0 spiro atoms. The van der Waals surface area contributed by atoms with E-state index in [2.05, 4.69) is 22.3 Å². The van der Waals surface area contributed by atoms with Crippen LogP contribution in [0.4, 0.5) is 5.00 Å². The third-order valence-electron chi connectivity index (χ3n) is 4.30. The van der Waals surface area contributed by atoms with E-state index in [0.717, 1.165) is 29.2 Å². The third kappa shape index (κ3) is 5.33. The Kier molecular flexibility index (Phi) is 7.06. The molecule has 1 N–H and O–H groups in total. The van der Waals surface area contributed by atoms with Gasteiger partial charge in [-0.2, -0.15) is 0 Å². The van der Waals surface area contributed by atoms with Crippen molar-refractivity contribution in [3.8, 4) is 11.1 Å². The number of carbonyl (C=O) groups excluding carboxylic acids is 2. The van der Waals surface area contributed by atoms with Crippen molar-refractivity contribution < 1.29 is 19.1 Å². The maximum atomic E-state index is 12.6. The number of rotatable bonds is 7. The van der Waals surface area contributed by atoms with Gasteiger partial charge in [0.25, 0.3) is 5.91 Å². The van der Waals surface area contributed by atoms with Crippen LogP contribution in [0.2, 0.25) is 0 Å². The van der Waals surface area contributed by atoms with E-state index in [-0.39, 0.29) is 30.9 Å². The van der Waals surface area contributed by atoms with E-state index in [9.17, 15) is 9.59 Å². The Morgan fingerprint density at radius 2 is 1.93 bits per heavy atom. The molecule has 150 valence electrons. The summed E-state index contributed by atoms with van der Waals surface area (Å²) >= 11 is 1.48. The SMILES string of the molecule is CC(C)OC(=O)CCNC(=O)c1cc(-c2ccccc2)c(N2CCOCC2)s1. The highest BCUT2D eigenvalue weighted by Gasteiger charge is 2.22. The van der Waals surface area contributed by atoms with Crippen molar-refractivity contribution in [1.29, 1.82) is 0 Å². The predicted molar refractivity (Wildman–Crippen MR) is 111 cm³/mol. The molecule has 2 aromatic rings. The van der Waals surface area contributed by atoms with Crippen molar-refractivity contribution in [2.24, 2.45) is 0 Å². The first-order valence-electron chi connectivity index (χ1n) is 9.54. The van der Waals surface area contributed by atoms with Crippen LogP contribution < -0.4 is 10.2 Å². The summed E-state index contributed by atoms with van der Waals surface area (Å²) in [5, 5.41) is 3.91. The number of anilines is 1. The highest BCUT2D eigenvalue weighted by Crippen LogP contribution is 2.39. The molecule has 28 heavy (non-hydrogen) atoms. The number of benzene rings is 1. The molecule has 6 nitrogen and oxygen atoms in total. The van der Waals surface area contributed by atoms with Crippen LogP contribution >= 0.6 is 11.3 Å². The minimum atomic E-state index is -0.305. The smallest absolute Gasteiger partial charge is 0.307 e. The number of esters is 1. The maximum Gasteiger partial charge on any atom is 0.307 e. The average molecular weight is 403 g/mol. The quantitative estimate of drug-likeness (QED) is 0.720. The van der Waals surface area contributed by atoms with Gasteiger partial charge in [-0.25, -0.2) is 0 Å². The third-order valence-corrected chi connectivity index (χ3v) is 5.50. The van der Waals surface area contributed by atoms with Gasteiger partial charge in [-0.1, -0.05) is 30.3 Å². The summed E-state index contributed by atoms with van der Waals surface area (Å²) in [4.78, 5) is 27.2. The zero-order chi connectivity index (χ0) is 19.9. The molecule has 1 aliphatic rings. The number of morpholine rings is 1. The lowest BCUT2D eigenvalue weighted by Crippen LogP contribution is -2.35. The van der Waals surface area contributed by atoms with Gasteiger partial charge in [0.05, 0.1) is 35.6 Å². The van der Waals surface area contributed by atoms with E-state index in [1.54, 1.807) is 13.8 Å². The van der Waals surface area contributed by atoms with Crippen molar-refractivity contribution in [1.82, 2.24) is 5.32 Å². The summed E-state index contributed by atoms with van der Waals surface area (Å²) in [6, 6.07) is 12.0. The standard InChI is InChI=1S/C21H26N2O4S/c1-15(2)27-19(24)8-9-22-20(25)18-14-17(16-6-4-3-5-7-16)21(28-18)23-10-12-26-13-11-23/h3-7,14-15H,8-13H2,1-2H3,(H,22,25). The molecule has 1 amide bonds. The van der Waals surface area contributed by atoms with Crippen LogP contribution in [-0.2, 0) is 14.3 Å². The van der Waals surface area contributed by atoms with Crippen LogP contribution in [0, 0.1) is 0 Å². The number of amides is 1. The van der Waals surface area contributed by atoms with Crippen molar-refractivity contribution in [3.63, 3.8) is 0 Å². The Balaban J connectivity index is 1.73. The lowest BCUT2D eigenvalue weighted by molar-refractivity contribution is -0.147. The van der Waals surface area contributed by atoms with Crippen LogP contribution in [-0.4, -0.2) is 50.8 Å². The lowest BCUT2D eigenvalue weighted by Gasteiger charge is -2.28. The number of hydrogen-bond acceptors (Lipinski definition) is 6. The van der Waals surface area contributed by atoms with Gasteiger partial charge in [0.15, 0.2) is 0 Å². The summed E-state index contributed by atoms with van der Waals surface area (Å²) in [5.74, 6) is -0.473. The van der Waals surface area contributed by atoms with Gasteiger partial charge in [-0.3, -0.25) is 9.59 Å². The topological polar surface area (TPSA) is 67.9 Å². The van der Waals surface area contributed by atoms with Crippen molar-refractivity contribution in [2.45, 2.75) is 26.4 Å². The van der Waals surface area contributed by atoms with Gasteiger partial charge >= 0.3 is 5.97 Å². The Labute approximate surface area is 169 Å². The highest BCUT2D eigenvalue weighted by atomic mass is 32.1. The van der Waals surface area contributed by atoms with E-state index in [1.807, 2.05) is 24.3 Å². The van der Waals surface area contributed by atoms with Gasteiger partial charge in [0.1, 0.15) is 0 Å². The van der Waals surface area contributed by atoms with Crippen molar-refractivity contribution in [3.05, 3.63) is 41.3 Å². The fourth-order valence-corrected chi connectivity index (χ4v) is 4.15. The van der Waals surface area contributed by atoms with Gasteiger partial charge in [0, 0.05) is 25.2 Å². The molecule has 3 rings (SSSR count). The van der Waals surface area contributed by atoms with E-state index in [1.165, 1.54) is 11.3 Å². The molecule has 1 aromatic heterocycles. The zero-order valence-electron chi connectivity index (χ0n) is 16.3.